The minimum atomic E-state index is -0.288. The lowest BCUT2D eigenvalue weighted by Gasteiger charge is -2.37. The summed E-state index contributed by atoms with van der Waals surface area (Å²) >= 11 is 0. The van der Waals surface area contributed by atoms with Crippen LogP contribution >= 0.6 is 0 Å². The van der Waals surface area contributed by atoms with E-state index >= 15 is 0 Å². The first-order valence-corrected chi connectivity index (χ1v) is 7.34. The molecular weight excluding hydrogens is 224 g/mol. The molecular formula is C15H30N2O. The van der Waals surface area contributed by atoms with Crippen LogP contribution in [0.1, 0.15) is 53.9 Å². The molecule has 1 rings (SSSR count). The average molecular weight is 254 g/mol. The van der Waals surface area contributed by atoms with Gasteiger partial charge in [0.25, 0.3) is 0 Å². The number of carbonyl (C=O) groups excluding carboxylic acids is 1. The van der Waals surface area contributed by atoms with E-state index < -0.39 is 0 Å². The Bertz CT molecular complexity index is 262. The van der Waals surface area contributed by atoms with Crippen molar-refractivity contribution in [1.29, 1.82) is 0 Å². The summed E-state index contributed by atoms with van der Waals surface area (Å²) in [6.45, 7) is 13.6. The van der Waals surface area contributed by atoms with E-state index in [-0.39, 0.29) is 11.3 Å². The van der Waals surface area contributed by atoms with Gasteiger partial charge in [-0.25, -0.2) is 0 Å². The van der Waals surface area contributed by atoms with Crippen LogP contribution in [0.4, 0.5) is 0 Å². The number of hydrogen-bond acceptors (Lipinski definition) is 2. The van der Waals surface area contributed by atoms with Crippen LogP contribution in [0, 0.1) is 11.3 Å². The summed E-state index contributed by atoms with van der Waals surface area (Å²) in [6.07, 6.45) is 3.96. The van der Waals surface area contributed by atoms with E-state index in [1.165, 1.54) is 32.4 Å². The molecule has 1 aliphatic rings. The maximum atomic E-state index is 11.9. The molecule has 1 unspecified atom stereocenters. The maximum Gasteiger partial charge on any atom is 0.225 e. The molecule has 1 heterocycles. The molecule has 106 valence electrons. The minimum absolute atomic E-state index is 0.158. The van der Waals surface area contributed by atoms with Gasteiger partial charge >= 0.3 is 0 Å². The van der Waals surface area contributed by atoms with E-state index in [1.54, 1.807) is 0 Å². The largest absolute Gasteiger partial charge is 0.354 e. The van der Waals surface area contributed by atoms with E-state index in [0.717, 1.165) is 6.54 Å². The third kappa shape index (κ3) is 4.60. The second kappa shape index (κ2) is 6.55. The van der Waals surface area contributed by atoms with Crippen LogP contribution in [0.5, 0.6) is 0 Å². The Hall–Kier alpha value is -0.570. The van der Waals surface area contributed by atoms with Crippen LogP contribution in [-0.2, 0) is 4.79 Å². The quantitative estimate of drug-likeness (QED) is 0.836. The molecule has 0 bridgehead atoms. The van der Waals surface area contributed by atoms with Gasteiger partial charge in [0.05, 0.1) is 0 Å². The smallest absolute Gasteiger partial charge is 0.225 e. The Morgan fingerprint density at radius 1 is 1.17 bits per heavy atom. The number of nitrogens with one attached hydrogen (secondary N) is 1. The van der Waals surface area contributed by atoms with E-state index in [1.807, 2.05) is 20.8 Å². The number of likely N-dealkylation sites (tertiary alicyclic amines) is 1. The molecule has 0 aromatic heterocycles. The highest BCUT2D eigenvalue weighted by atomic mass is 16.2. The molecule has 1 atom stereocenters. The zero-order valence-corrected chi connectivity index (χ0v) is 12.8. The van der Waals surface area contributed by atoms with Crippen molar-refractivity contribution in [2.45, 2.75) is 59.9 Å². The predicted octanol–water partition coefficient (Wildman–Crippen LogP) is 2.66. The van der Waals surface area contributed by atoms with Crippen molar-refractivity contribution in [3.63, 3.8) is 0 Å². The molecule has 0 aliphatic carbocycles. The Balaban J connectivity index is 2.50. The fraction of sp³-hybridized carbons (Fsp3) is 0.933. The third-order valence-electron chi connectivity index (χ3n) is 3.78. The highest BCUT2D eigenvalue weighted by Gasteiger charge is 2.26. The molecule has 1 fully saturated rings. The number of amides is 1. The normalized spacial score (nSPS) is 19.9. The lowest BCUT2D eigenvalue weighted by Crippen LogP contribution is -2.50. The fourth-order valence-corrected chi connectivity index (χ4v) is 2.50. The second-order valence-electron chi connectivity index (χ2n) is 6.87. The molecule has 3 heteroatoms. The van der Waals surface area contributed by atoms with Gasteiger partial charge in [0.2, 0.25) is 5.91 Å². The Morgan fingerprint density at radius 3 is 2.17 bits per heavy atom. The van der Waals surface area contributed by atoms with Crippen molar-refractivity contribution in [1.82, 2.24) is 10.2 Å². The van der Waals surface area contributed by atoms with Crippen molar-refractivity contribution < 1.29 is 4.79 Å². The summed E-state index contributed by atoms with van der Waals surface area (Å²) < 4.78 is 0. The van der Waals surface area contributed by atoms with Crippen LogP contribution in [0.15, 0.2) is 0 Å². The predicted molar refractivity (Wildman–Crippen MR) is 76.5 cm³/mol. The molecule has 1 aliphatic heterocycles. The van der Waals surface area contributed by atoms with Crippen molar-refractivity contribution in [2.75, 3.05) is 19.6 Å². The zero-order chi connectivity index (χ0) is 13.8. The fourth-order valence-electron chi connectivity index (χ4n) is 2.50. The maximum absolute atomic E-state index is 11.9. The zero-order valence-electron chi connectivity index (χ0n) is 12.8. The summed E-state index contributed by atoms with van der Waals surface area (Å²) in [5, 5.41) is 3.12. The van der Waals surface area contributed by atoms with Gasteiger partial charge in [0, 0.05) is 18.0 Å². The van der Waals surface area contributed by atoms with Crippen molar-refractivity contribution in [3.05, 3.63) is 0 Å². The molecule has 1 saturated heterocycles. The van der Waals surface area contributed by atoms with Gasteiger partial charge in [0.1, 0.15) is 0 Å². The van der Waals surface area contributed by atoms with Gasteiger partial charge in [-0.15, -0.1) is 0 Å². The van der Waals surface area contributed by atoms with Gasteiger partial charge in [-0.1, -0.05) is 41.0 Å². The third-order valence-corrected chi connectivity index (χ3v) is 3.78. The van der Waals surface area contributed by atoms with Crippen LogP contribution in [0.2, 0.25) is 0 Å². The monoisotopic (exact) mass is 254 g/mol. The summed E-state index contributed by atoms with van der Waals surface area (Å²) in [4.78, 5) is 14.5. The van der Waals surface area contributed by atoms with E-state index in [2.05, 4.69) is 24.1 Å². The molecule has 0 aromatic rings. The van der Waals surface area contributed by atoms with E-state index in [0.29, 0.717) is 12.0 Å². The topological polar surface area (TPSA) is 32.3 Å². The summed E-state index contributed by atoms with van der Waals surface area (Å²) in [5.74, 6) is 0.744. The first-order valence-electron chi connectivity index (χ1n) is 7.34. The Labute approximate surface area is 112 Å². The van der Waals surface area contributed by atoms with Gasteiger partial charge in [0.15, 0.2) is 0 Å². The van der Waals surface area contributed by atoms with Crippen LogP contribution in [0.25, 0.3) is 0 Å². The molecule has 0 spiro atoms. The number of nitrogens with zero attached hydrogens (tertiary/aromatic N) is 1. The second-order valence-corrected chi connectivity index (χ2v) is 6.87. The summed E-state index contributed by atoms with van der Waals surface area (Å²) in [5.41, 5.74) is -0.288. The lowest BCUT2D eigenvalue weighted by atomic mass is 9.94. The lowest BCUT2D eigenvalue weighted by molar-refractivity contribution is -0.128. The van der Waals surface area contributed by atoms with Crippen molar-refractivity contribution >= 4 is 5.91 Å². The highest BCUT2D eigenvalue weighted by Crippen LogP contribution is 2.18. The number of carbonyl (C=O) groups is 1. The summed E-state index contributed by atoms with van der Waals surface area (Å²) in [6, 6.07) is 0.483. The molecule has 3 nitrogen and oxygen atoms in total. The Morgan fingerprint density at radius 2 is 1.72 bits per heavy atom. The average Bonchev–Trinajstić information content (AvgIpc) is 2.28. The van der Waals surface area contributed by atoms with Crippen molar-refractivity contribution in [3.8, 4) is 0 Å². The van der Waals surface area contributed by atoms with Gasteiger partial charge in [-0.05, 0) is 31.8 Å². The SMILES string of the molecule is CC(C)C(CNC(=O)C(C)(C)C)N1CCCCC1. The molecule has 0 saturated carbocycles. The summed E-state index contributed by atoms with van der Waals surface area (Å²) in [7, 11) is 0. The van der Waals surface area contributed by atoms with E-state index in [9.17, 15) is 4.79 Å². The molecule has 18 heavy (non-hydrogen) atoms. The van der Waals surface area contributed by atoms with Crippen molar-refractivity contribution in [2.24, 2.45) is 11.3 Å². The van der Waals surface area contributed by atoms with Gasteiger partial charge in [-0.3, -0.25) is 9.69 Å². The van der Waals surface area contributed by atoms with Gasteiger partial charge < -0.3 is 5.32 Å². The minimum Gasteiger partial charge on any atom is -0.354 e. The molecule has 1 amide bonds. The number of piperidine rings is 1. The molecule has 1 N–H and O–H groups in total. The first kappa shape index (κ1) is 15.5. The van der Waals surface area contributed by atoms with E-state index in [4.69, 9.17) is 0 Å². The molecule has 0 radical (unpaired) electrons. The van der Waals surface area contributed by atoms with Gasteiger partial charge in [-0.2, -0.15) is 0 Å². The standard InChI is InChI=1S/C15H30N2O/c1-12(2)13(17-9-7-6-8-10-17)11-16-14(18)15(3,4)5/h12-13H,6-11H2,1-5H3,(H,16,18). The number of rotatable bonds is 4. The van der Waals surface area contributed by atoms with Crippen LogP contribution < -0.4 is 5.32 Å². The highest BCUT2D eigenvalue weighted by molar-refractivity contribution is 5.81. The Kier molecular flexibility index (Phi) is 5.64. The van der Waals surface area contributed by atoms with Crippen LogP contribution in [0.3, 0.4) is 0 Å². The number of hydrogen-bond donors (Lipinski definition) is 1. The van der Waals surface area contributed by atoms with Crippen LogP contribution in [-0.4, -0.2) is 36.5 Å². The molecule has 0 aromatic carbocycles. The first-order chi connectivity index (χ1) is 8.32.